The van der Waals surface area contributed by atoms with Gasteiger partial charge in [0.1, 0.15) is 17.5 Å². The Kier molecular flexibility index (Phi) is 2.65. The molecule has 1 aromatic carbocycles. The molecule has 94 valence electrons. The number of hydrogen-bond acceptors (Lipinski definition) is 6. The summed E-state index contributed by atoms with van der Waals surface area (Å²) in [5.41, 5.74) is 1.17. The van der Waals surface area contributed by atoms with Crippen molar-refractivity contribution in [2.45, 2.75) is 6.92 Å². The van der Waals surface area contributed by atoms with E-state index in [1.54, 1.807) is 13.0 Å². The van der Waals surface area contributed by atoms with E-state index in [0.29, 0.717) is 28.7 Å². The fourth-order valence-electron chi connectivity index (χ4n) is 1.76. The fraction of sp³-hybridized carbons (Fsp3) is 0.154. The van der Waals surface area contributed by atoms with Gasteiger partial charge >= 0.3 is 0 Å². The second-order valence-corrected chi connectivity index (χ2v) is 3.98. The van der Waals surface area contributed by atoms with Gasteiger partial charge in [-0.3, -0.25) is 0 Å². The van der Waals surface area contributed by atoms with E-state index in [2.05, 4.69) is 21.4 Å². The fourth-order valence-corrected chi connectivity index (χ4v) is 1.76. The number of fused-ring (bicyclic) bond motifs is 1. The lowest BCUT2D eigenvalue weighted by atomic mass is 10.2. The van der Waals surface area contributed by atoms with Crippen LogP contribution in [0, 0.1) is 18.3 Å². The molecule has 0 amide bonds. The van der Waals surface area contributed by atoms with Gasteiger partial charge in [0.2, 0.25) is 6.79 Å². The van der Waals surface area contributed by atoms with Gasteiger partial charge < -0.3 is 14.8 Å². The van der Waals surface area contributed by atoms with E-state index in [4.69, 9.17) is 14.7 Å². The number of benzene rings is 1. The number of aromatic nitrogens is 2. The smallest absolute Gasteiger partial charge is 0.231 e. The van der Waals surface area contributed by atoms with Gasteiger partial charge in [-0.2, -0.15) is 5.26 Å². The van der Waals surface area contributed by atoms with Gasteiger partial charge in [-0.25, -0.2) is 9.97 Å². The topological polar surface area (TPSA) is 80.1 Å². The third-order valence-corrected chi connectivity index (χ3v) is 2.66. The zero-order valence-corrected chi connectivity index (χ0v) is 10.2. The second-order valence-electron chi connectivity index (χ2n) is 3.98. The van der Waals surface area contributed by atoms with Crippen LogP contribution in [0.2, 0.25) is 0 Å². The Hall–Kier alpha value is -2.81. The van der Waals surface area contributed by atoms with E-state index in [1.807, 2.05) is 12.1 Å². The summed E-state index contributed by atoms with van der Waals surface area (Å²) in [5.74, 6) is 2.47. The first-order valence-electron chi connectivity index (χ1n) is 5.66. The Balaban J connectivity index is 1.93. The van der Waals surface area contributed by atoms with Crippen LogP contribution in [-0.2, 0) is 0 Å². The largest absolute Gasteiger partial charge is 0.454 e. The molecule has 19 heavy (non-hydrogen) atoms. The number of rotatable bonds is 2. The van der Waals surface area contributed by atoms with E-state index in [0.717, 1.165) is 5.69 Å². The van der Waals surface area contributed by atoms with E-state index in [1.165, 1.54) is 6.20 Å². The maximum absolute atomic E-state index is 9.03. The van der Waals surface area contributed by atoms with Crippen molar-refractivity contribution in [1.29, 1.82) is 5.26 Å². The molecule has 0 atom stereocenters. The monoisotopic (exact) mass is 254 g/mol. The number of nitrogens with zero attached hydrogens (tertiary/aromatic N) is 3. The molecule has 6 heteroatoms. The average Bonchev–Trinajstić information content (AvgIpc) is 2.86. The Morgan fingerprint density at radius 3 is 3.00 bits per heavy atom. The van der Waals surface area contributed by atoms with Gasteiger partial charge in [0, 0.05) is 11.8 Å². The molecule has 0 bridgehead atoms. The highest BCUT2D eigenvalue weighted by Crippen LogP contribution is 2.35. The highest BCUT2D eigenvalue weighted by atomic mass is 16.7. The van der Waals surface area contributed by atoms with Crippen molar-refractivity contribution in [3.8, 4) is 17.6 Å². The highest BCUT2D eigenvalue weighted by molar-refractivity contribution is 5.65. The normalized spacial score (nSPS) is 12.0. The van der Waals surface area contributed by atoms with Crippen molar-refractivity contribution < 1.29 is 9.47 Å². The van der Waals surface area contributed by atoms with Crippen LogP contribution < -0.4 is 14.8 Å². The van der Waals surface area contributed by atoms with E-state index in [-0.39, 0.29) is 6.79 Å². The summed E-state index contributed by atoms with van der Waals surface area (Å²) < 4.78 is 10.5. The summed E-state index contributed by atoms with van der Waals surface area (Å²) in [6.45, 7) is 2.00. The van der Waals surface area contributed by atoms with E-state index in [9.17, 15) is 0 Å². The Morgan fingerprint density at radius 1 is 1.32 bits per heavy atom. The van der Waals surface area contributed by atoms with Crippen LogP contribution in [0.25, 0.3) is 0 Å². The van der Waals surface area contributed by atoms with Crippen molar-refractivity contribution in [3.63, 3.8) is 0 Å². The summed E-state index contributed by atoms with van der Waals surface area (Å²) in [5, 5.41) is 12.1. The lowest BCUT2D eigenvalue weighted by Crippen LogP contribution is -2.00. The van der Waals surface area contributed by atoms with Gasteiger partial charge in [0.05, 0.1) is 6.20 Å². The number of nitrogens with one attached hydrogen (secondary N) is 1. The molecule has 2 heterocycles. The van der Waals surface area contributed by atoms with Crippen LogP contribution in [-0.4, -0.2) is 16.8 Å². The molecule has 6 nitrogen and oxygen atoms in total. The SMILES string of the molecule is Cc1ncc(C#N)c(Nc2ccc3c(c2)OCO3)n1. The van der Waals surface area contributed by atoms with Crippen LogP contribution in [0.4, 0.5) is 11.5 Å². The second kappa shape index (κ2) is 4.46. The molecule has 1 aliphatic rings. The van der Waals surface area contributed by atoms with Crippen LogP contribution in [0.3, 0.4) is 0 Å². The van der Waals surface area contributed by atoms with Crippen molar-refractivity contribution in [1.82, 2.24) is 9.97 Å². The third kappa shape index (κ3) is 2.13. The summed E-state index contributed by atoms with van der Waals surface area (Å²) in [6, 6.07) is 7.51. The minimum Gasteiger partial charge on any atom is -0.454 e. The molecule has 3 rings (SSSR count). The molecule has 0 spiro atoms. The molecule has 0 aliphatic carbocycles. The van der Waals surface area contributed by atoms with Crippen LogP contribution in [0.1, 0.15) is 11.4 Å². The lowest BCUT2D eigenvalue weighted by molar-refractivity contribution is 0.174. The zero-order valence-electron chi connectivity index (χ0n) is 10.2. The minimum atomic E-state index is 0.231. The number of nitriles is 1. The maximum atomic E-state index is 9.03. The predicted octanol–water partition coefficient (Wildman–Crippen LogP) is 2.13. The van der Waals surface area contributed by atoms with Gasteiger partial charge in [-0.1, -0.05) is 0 Å². The Labute approximate surface area is 109 Å². The molecule has 2 aromatic rings. The van der Waals surface area contributed by atoms with Crippen molar-refractivity contribution in [2.24, 2.45) is 0 Å². The molecule has 1 aromatic heterocycles. The number of ether oxygens (including phenoxy) is 2. The molecule has 1 N–H and O–H groups in total. The molecule has 0 saturated heterocycles. The van der Waals surface area contributed by atoms with Crippen LogP contribution in [0.5, 0.6) is 11.5 Å². The molecular formula is C13H10N4O2. The summed E-state index contributed by atoms with van der Waals surface area (Å²) >= 11 is 0. The first-order valence-corrected chi connectivity index (χ1v) is 5.66. The molecule has 0 unspecified atom stereocenters. The van der Waals surface area contributed by atoms with Gasteiger partial charge in [0.15, 0.2) is 17.3 Å². The lowest BCUT2D eigenvalue weighted by Gasteiger charge is -2.08. The van der Waals surface area contributed by atoms with E-state index < -0.39 is 0 Å². The number of aryl methyl sites for hydroxylation is 1. The van der Waals surface area contributed by atoms with Crippen LogP contribution >= 0.6 is 0 Å². The maximum Gasteiger partial charge on any atom is 0.231 e. The Bertz CT molecular complexity index is 679. The average molecular weight is 254 g/mol. The van der Waals surface area contributed by atoms with Gasteiger partial charge in [-0.05, 0) is 19.1 Å². The van der Waals surface area contributed by atoms with Crippen molar-refractivity contribution in [2.75, 3.05) is 12.1 Å². The Morgan fingerprint density at radius 2 is 2.16 bits per heavy atom. The summed E-state index contributed by atoms with van der Waals surface area (Å²) in [7, 11) is 0. The number of anilines is 2. The van der Waals surface area contributed by atoms with Crippen molar-refractivity contribution >= 4 is 11.5 Å². The predicted molar refractivity (Wildman–Crippen MR) is 67.3 cm³/mol. The van der Waals surface area contributed by atoms with E-state index >= 15 is 0 Å². The molecule has 0 saturated carbocycles. The van der Waals surface area contributed by atoms with Gasteiger partial charge in [-0.15, -0.1) is 0 Å². The molecule has 0 radical (unpaired) electrons. The number of hydrogen-bond donors (Lipinski definition) is 1. The molecule has 0 fully saturated rings. The minimum absolute atomic E-state index is 0.231. The van der Waals surface area contributed by atoms with Crippen molar-refractivity contribution in [3.05, 3.63) is 35.8 Å². The molecule has 1 aliphatic heterocycles. The quantitative estimate of drug-likeness (QED) is 0.884. The van der Waals surface area contributed by atoms with Gasteiger partial charge in [0.25, 0.3) is 0 Å². The highest BCUT2D eigenvalue weighted by Gasteiger charge is 2.14. The molecular weight excluding hydrogens is 244 g/mol. The zero-order chi connectivity index (χ0) is 13.2. The van der Waals surface area contributed by atoms with Crippen LogP contribution in [0.15, 0.2) is 24.4 Å². The summed E-state index contributed by atoms with van der Waals surface area (Å²) in [6.07, 6.45) is 1.50. The summed E-state index contributed by atoms with van der Waals surface area (Å²) in [4.78, 5) is 8.21. The first kappa shape index (κ1) is 11.3. The standard InChI is InChI=1S/C13H10N4O2/c1-8-15-6-9(5-14)13(16-8)17-10-2-3-11-12(4-10)19-7-18-11/h2-4,6H,7H2,1H3,(H,15,16,17). The third-order valence-electron chi connectivity index (χ3n) is 2.66. The first-order chi connectivity index (χ1) is 9.26.